The van der Waals surface area contributed by atoms with E-state index in [9.17, 15) is 14.7 Å². The first-order chi connectivity index (χ1) is 17.3. The molecule has 0 fully saturated rings. The molecule has 1 amide bonds. The fourth-order valence-corrected chi connectivity index (χ4v) is 5.51. The summed E-state index contributed by atoms with van der Waals surface area (Å²) in [6.07, 6.45) is 3.56. The number of aromatic hydroxyl groups is 1. The zero-order valence-corrected chi connectivity index (χ0v) is 20.1. The summed E-state index contributed by atoms with van der Waals surface area (Å²) in [7, 11) is 0. The van der Waals surface area contributed by atoms with Crippen LogP contribution >= 0.6 is 0 Å². The van der Waals surface area contributed by atoms with Crippen molar-refractivity contribution in [1.29, 1.82) is 0 Å². The van der Waals surface area contributed by atoms with Gasteiger partial charge in [0.05, 0.1) is 12.2 Å². The number of carbonyl (C=O) groups is 1. The SMILES string of the molecule is CC(C)N1C[C@H](C2c3ccccc3CCc3ccccc32)n2c(N(F)/C=C\N)nc(=O)c(O)c2C1=O. The van der Waals surface area contributed by atoms with Crippen LogP contribution in [-0.4, -0.2) is 38.1 Å². The molecule has 5 rings (SSSR count). The van der Waals surface area contributed by atoms with Gasteiger partial charge in [0.1, 0.15) is 0 Å². The molecule has 0 spiro atoms. The highest BCUT2D eigenvalue weighted by Gasteiger charge is 2.43. The summed E-state index contributed by atoms with van der Waals surface area (Å²) in [6, 6.07) is 15.4. The second-order valence-corrected chi connectivity index (χ2v) is 9.43. The average molecular weight is 490 g/mol. The lowest BCUT2D eigenvalue weighted by molar-refractivity contribution is 0.0586. The van der Waals surface area contributed by atoms with Gasteiger partial charge in [-0.2, -0.15) is 10.1 Å². The standard InChI is InChI=1S/C27H28FN5O3/c1-16(2)31-15-21(33-23(26(31)36)24(34)25(35)30-27(33)32(28)14-13-29)22-19-9-5-3-7-17(19)11-12-18-8-4-6-10-20(18)22/h3-10,13-14,16,21-22,34H,11-12,15,29H2,1-2H3/b14-13-/t21-/m1/s1. The molecule has 1 aliphatic carbocycles. The number of anilines is 1. The Morgan fingerprint density at radius 1 is 1.08 bits per heavy atom. The van der Waals surface area contributed by atoms with Crippen LogP contribution in [0.2, 0.25) is 0 Å². The van der Waals surface area contributed by atoms with Gasteiger partial charge in [-0.15, -0.1) is 0 Å². The molecule has 1 aliphatic heterocycles. The lowest BCUT2D eigenvalue weighted by Crippen LogP contribution is -2.50. The molecule has 1 aromatic heterocycles. The van der Waals surface area contributed by atoms with Gasteiger partial charge in [-0.3, -0.25) is 14.2 Å². The van der Waals surface area contributed by atoms with Gasteiger partial charge in [0.2, 0.25) is 11.7 Å². The zero-order valence-electron chi connectivity index (χ0n) is 20.1. The van der Waals surface area contributed by atoms with Crippen LogP contribution in [0.3, 0.4) is 0 Å². The summed E-state index contributed by atoms with van der Waals surface area (Å²) in [6.45, 7) is 3.97. The van der Waals surface area contributed by atoms with E-state index in [2.05, 4.69) is 29.2 Å². The van der Waals surface area contributed by atoms with E-state index in [-0.39, 0.29) is 29.3 Å². The number of nitrogens with two attached hydrogens (primary N) is 1. The average Bonchev–Trinajstić information content (AvgIpc) is 3.03. The van der Waals surface area contributed by atoms with Gasteiger partial charge in [-0.25, -0.2) is 0 Å². The van der Waals surface area contributed by atoms with Crippen molar-refractivity contribution in [2.45, 2.75) is 44.7 Å². The first-order valence-electron chi connectivity index (χ1n) is 12.0. The number of benzene rings is 2. The molecule has 2 heterocycles. The van der Waals surface area contributed by atoms with E-state index in [1.54, 1.807) is 4.90 Å². The largest absolute Gasteiger partial charge is 0.501 e. The van der Waals surface area contributed by atoms with Gasteiger partial charge in [0.25, 0.3) is 5.91 Å². The van der Waals surface area contributed by atoms with E-state index in [0.29, 0.717) is 0 Å². The molecule has 1 atom stereocenters. The molecular formula is C27H28FN5O3. The van der Waals surface area contributed by atoms with Crippen LogP contribution in [0, 0.1) is 0 Å². The van der Waals surface area contributed by atoms with Crippen molar-refractivity contribution < 1.29 is 14.4 Å². The van der Waals surface area contributed by atoms with Crippen LogP contribution in [0.4, 0.5) is 10.4 Å². The Morgan fingerprint density at radius 3 is 2.22 bits per heavy atom. The van der Waals surface area contributed by atoms with Crippen LogP contribution in [0.5, 0.6) is 5.75 Å². The van der Waals surface area contributed by atoms with E-state index in [0.717, 1.165) is 47.5 Å². The minimum absolute atomic E-state index is 0.115. The Balaban J connectivity index is 1.86. The van der Waals surface area contributed by atoms with Crippen molar-refractivity contribution in [2.24, 2.45) is 5.73 Å². The first-order valence-corrected chi connectivity index (χ1v) is 12.0. The maximum Gasteiger partial charge on any atom is 0.317 e. The minimum Gasteiger partial charge on any atom is -0.501 e. The van der Waals surface area contributed by atoms with Crippen LogP contribution in [0.25, 0.3) is 0 Å². The Morgan fingerprint density at radius 2 is 1.67 bits per heavy atom. The van der Waals surface area contributed by atoms with Gasteiger partial charge >= 0.3 is 5.56 Å². The molecule has 0 unspecified atom stereocenters. The monoisotopic (exact) mass is 489 g/mol. The summed E-state index contributed by atoms with van der Waals surface area (Å²) in [5.41, 5.74) is 8.50. The quantitative estimate of drug-likeness (QED) is 0.545. The number of aromatic nitrogens is 2. The molecule has 0 saturated heterocycles. The number of aryl methyl sites for hydroxylation is 2. The van der Waals surface area contributed by atoms with Crippen LogP contribution < -0.4 is 16.4 Å². The zero-order chi connectivity index (χ0) is 25.6. The van der Waals surface area contributed by atoms with Crippen LogP contribution in [0.1, 0.15) is 58.5 Å². The smallest absolute Gasteiger partial charge is 0.317 e. The summed E-state index contributed by atoms with van der Waals surface area (Å²) in [5, 5.41) is 10.9. The number of amides is 1. The van der Waals surface area contributed by atoms with E-state index >= 15 is 4.48 Å². The van der Waals surface area contributed by atoms with Crippen molar-refractivity contribution in [3.8, 4) is 5.75 Å². The molecule has 3 aromatic rings. The van der Waals surface area contributed by atoms with E-state index in [1.807, 2.05) is 38.1 Å². The maximum absolute atomic E-state index is 15.3. The number of carbonyl (C=O) groups excluding carboxylic acids is 1. The summed E-state index contributed by atoms with van der Waals surface area (Å²) in [4.78, 5) is 31.6. The molecule has 9 heteroatoms. The third-order valence-electron chi connectivity index (χ3n) is 7.12. The molecule has 186 valence electrons. The predicted molar refractivity (Wildman–Crippen MR) is 134 cm³/mol. The van der Waals surface area contributed by atoms with Crippen molar-refractivity contribution in [3.05, 3.63) is 99.2 Å². The fourth-order valence-electron chi connectivity index (χ4n) is 5.51. The number of hydrogen-bond donors (Lipinski definition) is 2. The Labute approximate surface area is 208 Å². The third-order valence-corrected chi connectivity index (χ3v) is 7.12. The topological polar surface area (TPSA) is 105 Å². The molecule has 8 nitrogen and oxygen atoms in total. The maximum atomic E-state index is 15.3. The molecule has 0 bridgehead atoms. The number of rotatable bonds is 4. The first kappa shape index (κ1) is 23.6. The summed E-state index contributed by atoms with van der Waals surface area (Å²) >= 11 is 0. The Hall–Kier alpha value is -4.14. The third kappa shape index (κ3) is 3.71. The Bertz CT molecular complexity index is 1370. The predicted octanol–water partition coefficient (Wildman–Crippen LogP) is 3.41. The number of hydrogen-bond acceptors (Lipinski definition) is 6. The van der Waals surface area contributed by atoms with Crippen LogP contribution in [-0.2, 0) is 12.8 Å². The molecule has 0 radical (unpaired) electrons. The molecular weight excluding hydrogens is 461 g/mol. The van der Waals surface area contributed by atoms with Crippen molar-refractivity contribution >= 4 is 11.9 Å². The van der Waals surface area contributed by atoms with Gasteiger partial charge in [0, 0.05) is 24.7 Å². The molecule has 2 aliphatic rings. The highest BCUT2D eigenvalue weighted by atomic mass is 19.2. The lowest BCUT2D eigenvalue weighted by Gasteiger charge is -2.43. The van der Waals surface area contributed by atoms with E-state index < -0.39 is 29.2 Å². The second-order valence-electron chi connectivity index (χ2n) is 9.43. The van der Waals surface area contributed by atoms with Crippen molar-refractivity contribution in [3.63, 3.8) is 0 Å². The number of nitrogens with zero attached hydrogens (tertiary/aromatic N) is 4. The molecule has 0 saturated carbocycles. The summed E-state index contributed by atoms with van der Waals surface area (Å²) in [5.74, 6) is -2.06. The highest BCUT2D eigenvalue weighted by molar-refractivity contribution is 5.96. The van der Waals surface area contributed by atoms with Crippen molar-refractivity contribution in [1.82, 2.24) is 14.5 Å². The molecule has 2 aromatic carbocycles. The molecule has 3 N–H and O–H groups in total. The van der Waals surface area contributed by atoms with Crippen molar-refractivity contribution in [2.75, 3.05) is 11.7 Å². The summed E-state index contributed by atoms with van der Waals surface area (Å²) < 4.78 is 16.6. The number of fused-ring (bicyclic) bond motifs is 3. The minimum atomic E-state index is -1.08. The molecule has 36 heavy (non-hydrogen) atoms. The highest BCUT2D eigenvalue weighted by Crippen LogP contribution is 2.45. The normalized spacial score (nSPS) is 17.6. The van der Waals surface area contributed by atoms with E-state index in [4.69, 9.17) is 5.73 Å². The van der Waals surface area contributed by atoms with Gasteiger partial charge in [-0.1, -0.05) is 53.0 Å². The lowest BCUT2D eigenvalue weighted by atomic mass is 9.81. The van der Waals surface area contributed by atoms with Crippen LogP contribution in [0.15, 0.2) is 65.7 Å². The van der Waals surface area contributed by atoms with Gasteiger partial charge in [0.15, 0.2) is 5.69 Å². The fraction of sp³-hybridized carbons (Fsp3) is 0.296. The number of halogens is 1. The van der Waals surface area contributed by atoms with Gasteiger partial charge in [-0.05, 0) is 48.9 Å². The Kier molecular flexibility index (Phi) is 5.99. The van der Waals surface area contributed by atoms with E-state index in [1.165, 1.54) is 4.57 Å². The second kappa shape index (κ2) is 9.14. The van der Waals surface area contributed by atoms with Gasteiger partial charge < -0.3 is 15.7 Å².